The molecule has 1 heterocycles. The zero-order valence-corrected chi connectivity index (χ0v) is 7.81. The lowest BCUT2D eigenvalue weighted by Gasteiger charge is -2.43. The summed E-state index contributed by atoms with van der Waals surface area (Å²) in [4.78, 5) is 0. The molecule has 12 heavy (non-hydrogen) atoms. The molecule has 0 unspecified atom stereocenters. The monoisotopic (exact) mass is 168 g/mol. The molecule has 2 heteroatoms. The number of nitrogens with one attached hydrogen (secondary N) is 1. The van der Waals surface area contributed by atoms with Gasteiger partial charge in [0.15, 0.2) is 0 Å². The van der Waals surface area contributed by atoms with Crippen LogP contribution in [-0.4, -0.2) is 19.1 Å². The summed E-state index contributed by atoms with van der Waals surface area (Å²) >= 11 is 0. The first-order valence-electron chi connectivity index (χ1n) is 5.27. The number of hydrogen-bond acceptors (Lipinski definition) is 2. The third-order valence-electron chi connectivity index (χ3n) is 3.64. The first-order valence-corrected chi connectivity index (χ1v) is 5.27. The second-order valence-corrected chi connectivity index (χ2v) is 4.61. The van der Waals surface area contributed by atoms with Crippen LogP contribution in [-0.2, 0) is 0 Å². The van der Waals surface area contributed by atoms with Crippen molar-refractivity contribution in [3.63, 3.8) is 0 Å². The van der Waals surface area contributed by atoms with Crippen LogP contribution in [0.1, 0.15) is 38.5 Å². The van der Waals surface area contributed by atoms with Crippen LogP contribution in [0.2, 0.25) is 0 Å². The van der Waals surface area contributed by atoms with Crippen molar-refractivity contribution >= 4 is 0 Å². The van der Waals surface area contributed by atoms with Crippen LogP contribution in [0.5, 0.6) is 0 Å². The molecule has 0 amide bonds. The van der Waals surface area contributed by atoms with Gasteiger partial charge in [0, 0.05) is 6.04 Å². The Morgan fingerprint density at radius 3 is 2.58 bits per heavy atom. The van der Waals surface area contributed by atoms with E-state index in [-0.39, 0.29) is 0 Å². The predicted molar refractivity (Wildman–Crippen MR) is 51.0 cm³/mol. The standard InChI is InChI=1S/C10H20N2/c11-9-2-1-3-10(8-9)4-6-12-7-5-10/h9,12H,1-8,11H2/t9-/m1/s1. The molecule has 0 radical (unpaired) electrons. The molecule has 1 atom stereocenters. The van der Waals surface area contributed by atoms with Crippen LogP contribution >= 0.6 is 0 Å². The molecule has 0 bridgehead atoms. The van der Waals surface area contributed by atoms with Crippen molar-refractivity contribution in [1.82, 2.24) is 5.32 Å². The van der Waals surface area contributed by atoms with Gasteiger partial charge in [-0.05, 0) is 50.6 Å². The van der Waals surface area contributed by atoms with Crippen LogP contribution in [0.3, 0.4) is 0 Å². The van der Waals surface area contributed by atoms with Crippen molar-refractivity contribution in [2.24, 2.45) is 11.1 Å². The highest BCUT2D eigenvalue weighted by Crippen LogP contribution is 2.42. The molecule has 2 aliphatic rings. The quantitative estimate of drug-likeness (QED) is 0.571. The summed E-state index contributed by atoms with van der Waals surface area (Å²) in [7, 11) is 0. The zero-order chi connectivity index (χ0) is 8.44. The zero-order valence-electron chi connectivity index (χ0n) is 7.81. The first kappa shape index (κ1) is 8.52. The molecule has 1 aliphatic carbocycles. The largest absolute Gasteiger partial charge is 0.328 e. The summed E-state index contributed by atoms with van der Waals surface area (Å²) in [6.07, 6.45) is 8.06. The molecule has 1 saturated heterocycles. The maximum Gasteiger partial charge on any atom is 0.00441 e. The van der Waals surface area contributed by atoms with E-state index in [4.69, 9.17) is 5.73 Å². The minimum atomic E-state index is 0.497. The van der Waals surface area contributed by atoms with Gasteiger partial charge in [-0.2, -0.15) is 0 Å². The fourth-order valence-electron chi connectivity index (χ4n) is 2.91. The van der Waals surface area contributed by atoms with Gasteiger partial charge in [-0.1, -0.05) is 6.42 Å². The molecular weight excluding hydrogens is 148 g/mol. The van der Waals surface area contributed by atoms with E-state index in [1.807, 2.05) is 0 Å². The van der Waals surface area contributed by atoms with Crippen LogP contribution in [0.25, 0.3) is 0 Å². The summed E-state index contributed by atoms with van der Waals surface area (Å²) in [5.41, 5.74) is 6.66. The van der Waals surface area contributed by atoms with Gasteiger partial charge < -0.3 is 11.1 Å². The second kappa shape index (κ2) is 3.35. The van der Waals surface area contributed by atoms with E-state index < -0.39 is 0 Å². The van der Waals surface area contributed by atoms with Gasteiger partial charge >= 0.3 is 0 Å². The van der Waals surface area contributed by atoms with Gasteiger partial charge in [0.05, 0.1) is 0 Å². The van der Waals surface area contributed by atoms with Crippen molar-refractivity contribution in [3.8, 4) is 0 Å². The Hall–Kier alpha value is -0.0800. The number of rotatable bonds is 0. The van der Waals surface area contributed by atoms with E-state index in [9.17, 15) is 0 Å². The molecule has 3 N–H and O–H groups in total. The third kappa shape index (κ3) is 1.64. The highest BCUT2D eigenvalue weighted by atomic mass is 14.9. The fraction of sp³-hybridized carbons (Fsp3) is 1.00. The predicted octanol–water partition coefficient (Wildman–Crippen LogP) is 1.26. The molecule has 0 aromatic heterocycles. The molecule has 1 saturated carbocycles. The van der Waals surface area contributed by atoms with E-state index in [1.165, 1.54) is 51.6 Å². The molecule has 2 nitrogen and oxygen atoms in total. The Bertz CT molecular complexity index is 144. The van der Waals surface area contributed by atoms with Crippen molar-refractivity contribution in [2.45, 2.75) is 44.6 Å². The van der Waals surface area contributed by atoms with E-state index in [2.05, 4.69) is 5.32 Å². The molecule has 70 valence electrons. The Morgan fingerprint density at radius 1 is 1.17 bits per heavy atom. The van der Waals surface area contributed by atoms with Crippen LogP contribution in [0.4, 0.5) is 0 Å². The second-order valence-electron chi connectivity index (χ2n) is 4.61. The average Bonchev–Trinajstić information content (AvgIpc) is 2.05. The lowest BCUT2D eigenvalue weighted by molar-refractivity contribution is 0.121. The summed E-state index contributed by atoms with van der Waals surface area (Å²) in [5.74, 6) is 0. The molecular formula is C10H20N2. The maximum atomic E-state index is 6.02. The summed E-state index contributed by atoms with van der Waals surface area (Å²) in [5, 5.41) is 3.43. The molecule has 2 rings (SSSR count). The fourth-order valence-corrected chi connectivity index (χ4v) is 2.91. The van der Waals surface area contributed by atoms with Gasteiger partial charge in [0.2, 0.25) is 0 Å². The van der Waals surface area contributed by atoms with E-state index in [1.54, 1.807) is 0 Å². The van der Waals surface area contributed by atoms with Gasteiger partial charge in [-0.25, -0.2) is 0 Å². The summed E-state index contributed by atoms with van der Waals surface area (Å²) < 4.78 is 0. The summed E-state index contributed by atoms with van der Waals surface area (Å²) in [6, 6.07) is 0.497. The van der Waals surface area contributed by atoms with Gasteiger partial charge in [0.1, 0.15) is 0 Å². The van der Waals surface area contributed by atoms with Crippen LogP contribution in [0.15, 0.2) is 0 Å². The Kier molecular flexibility index (Phi) is 2.37. The lowest BCUT2D eigenvalue weighted by Crippen LogP contribution is -2.43. The Morgan fingerprint density at radius 2 is 1.92 bits per heavy atom. The van der Waals surface area contributed by atoms with Crippen molar-refractivity contribution in [2.75, 3.05) is 13.1 Å². The number of piperidine rings is 1. The smallest absolute Gasteiger partial charge is 0.00441 e. The average molecular weight is 168 g/mol. The molecule has 0 aromatic carbocycles. The molecule has 1 aliphatic heterocycles. The lowest BCUT2D eigenvalue weighted by atomic mass is 9.67. The van der Waals surface area contributed by atoms with E-state index in [0.717, 1.165) is 0 Å². The van der Waals surface area contributed by atoms with Gasteiger partial charge in [-0.3, -0.25) is 0 Å². The van der Waals surface area contributed by atoms with E-state index >= 15 is 0 Å². The molecule has 1 spiro atoms. The summed E-state index contributed by atoms with van der Waals surface area (Å²) in [6.45, 7) is 2.43. The van der Waals surface area contributed by atoms with Crippen molar-refractivity contribution in [3.05, 3.63) is 0 Å². The van der Waals surface area contributed by atoms with E-state index in [0.29, 0.717) is 11.5 Å². The first-order chi connectivity index (χ1) is 5.81. The minimum Gasteiger partial charge on any atom is -0.328 e. The molecule has 2 fully saturated rings. The number of nitrogens with two attached hydrogens (primary N) is 1. The minimum absolute atomic E-state index is 0.497. The SMILES string of the molecule is N[C@@H]1CCCC2(CCNCC2)C1. The van der Waals surface area contributed by atoms with Gasteiger partial charge in [0.25, 0.3) is 0 Å². The molecule has 0 aromatic rings. The van der Waals surface area contributed by atoms with Crippen molar-refractivity contribution < 1.29 is 0 Å². The topological polar surface area (TPSA) is 38.0 Å². The Labute approximate surface area is 74.9 Å². The highest BCUT2D eigenvalue weighted by Gasteiger charge is 2.35. The normalized spacial score (nSPS) is 35.2. The van der Waals surface area contributed by atoms with Gasteiger partial charge in [-0.15, -0.1) is 0 Å². The van der Waals surface area contributed by atoms with Crippen LogP contribution in [0, 0.1) is 5.41 Å². The van der Waals surface area contributed by atoms with Crippen LogP contribution < -0.4 is 11.1 Å². The third-order valence-corrected chi connectivity index (χ3v) is 3.64. The maximum absolute atomic E-state index is 6.02. The van der Waals surface area contributed by atoms with Crippen molar-refractivity contribution in [1.29, 1.82) is 0 Å². The Balaban J connectivity index is 1.97. The number of hydrogen-bond donors (Lipinski definition) is 2. The highest BCUT2D eigenvalue weighted by molar-refractivity contribution is 4.91.